The van der Waals surface area contributed by atoms with E-state index in [-0.39, 0.29) is 11.9 Å². The summed E-state index contributed by atoms with van der Waals surface area (Å²) < 4.78 is 13.6. The summed E-state index contributed by atoms with van der Waals surface area (Å²) in [6, 6.07) is 13.2. The number of hydrogen-bond acceptors (Lipinski definition) is 7. The first-order valence-corrected chi connectivity index (χ1v) is 12.2. The van der Waals surface area contributed by atoms with Crippen molar-refractivity contribution in [1.29, 1.82) is 5.26 Å². The smallest absolute Gasteiger partial charge is 0.228 e. The van der Waals surface area contributed by atoms with Gasteiger partial charge in [-0.25, -0.2) is 14.4 Å². The van der Waals surface area contributed by atoms with Crippen LogP contribution in [0.25, 0.3) is 11.3 Å². The summed E-state index contributed by atoms with van der Waals surface area (Å²) in [7, 11) is 0. The lowest BCUT2D eigenvalue weighted by molar-refractivity contribution is 0.541. The van der Waals surface area contributed by atoms with Gasteiger partial charge < -0.3 is 14.7 Å². The maximum Gasteiger partial charge on any atom is 0.228 e. The van der Waals surface area contributed by atoms with Crippen LogP contribution in [0, 0.1) is 24.1 Å². The second kappa shape index (κ2) is 9.49. The van der Waals surface area contributed by atoms with Crippen LogP contribution in [0.3, 0.4) is 0 Å². The topological polar surface area (TPSA) is 72.2 Å². The lowest BCUT2D eigenvalue weighted by atomic mass is 10.1. The molecular formula is C27H30FN7. The van der Waals surface area contributed by atoms with Gasteiger partial charge in [0.15, 0.2) is 0 Å². The molecule has 0 amide bonds. The van der Waals surface area contributed by atoms with Crippen molar-refractivity contribution in [2.75, 3.05) is 40.9 Å². The van der Waals surface area contributed by atoms with E-state index in [9.17, 15) is 4.39 Å². The molecule has 2 saturated heterocycles. The van der Waals surface area contributed by atoms with E-state index in [1.165, 1.54) is 12.1 Å². The van der Waals surface area contributed by atoms with Gasteiger partial charge in [0.2, 0.25) is 5.95 Å². The normalized spacial score (nSPS) is 20.3. The van der Waals surface area contributed by atoms with Crippen LogP contribution in [0.2, 0.25) is 0 Å². The number of nitrogens with zero attached hydrogens (tertiary/aromatic N) is 7. The second-order valence-electron chi connectivity index (χ2n) is 9.57. The highest BCUT2D eigenvalue weighted by atomic mass is 19.1. The number of piperazine rings is 1. The van der Waals surface area contributed by atoms with Crippen molar-refractivity contribution in [3.05, 3.63) is 59.5 Å². The molecule has 1 aromatic carbocycles. The van der Waals surface area contributed by atoms with E-state index >= 15 is 0 Å². The average Bonchev–Trinajstić information content (AvgIpc) is 3.30. The van der Waals surface area contributed by atoms with Crippen molar-refractivity contribution >= 4 is 17.6 Å². The molecule has 0 bridgehead atoms. The Hall–Kier alpha value is -3.73. The molecule has 3 aromatic rings. The maximum absolute atomic E-state index is 13.6. The zero-order valence-electron chi connectivity index (χ0n) is 20.4. The monoisotopic (exact) mass is 471 g/mol. The van der Waals surface area contributed by atoms with Gasteiger partial charge in [-0.1, -0.05) is 0 Å². The van der Waals surface area contributed by atoms with Crippen LogP contribution in [0.4, 0.5) is 22.0 Å². The van der Waals surface area contributed by atoms with Gasteiger partial charge in [-0.3, -0.25) is 0 Å². The summed E-state index contributed by atoms with van der Waals surface area (Å²) in [5.74, 6) is 2.31. The lowest BCUT2D eigenvalue weighted by Crippen LogP contribution is -2.53. The van der Waals surface area contributed by atoms with E-state index in [1.54, 1.807) is 18.3 Å². The molecule has 180 valence electrons. The highest BCUT2D eigenvalue weighted by Gasteiger charge is 2.29. The van der Waals surface area contributed by atoms with E-state index < -0.39 is 0 Å². The van der Waals surface area contributed by atoms with Gasteiger partial charge in [-0.05, 0) is 69.5 Å². The Kier molecular flexibility index (Phi) is 6.25. The Bertz CT molecular complexity index is 1250. The summed E-state index contributed by atoms with van der Waals surface area (Å²) >= 11 is 0. The molecule has 2 aliphatic heterocycles. The molecule has 7 nitrogen and oxygen atoms in total. The van der Waals surface area contributed by atoms with Crippen molar-refractivity contribution < 1.29 is 4.39 Å². The maximum atomic E-state index is 13.6. The van der Waals surface area contributed by atoms with Gasteiger partial charge in [-0.15, -0.1) is 0 Å². The molecule has 0 saturated carbocycles. The second-order valence-corrected chi connectivity index (χ2v) is 9.57. The van der Waals surface area contributed by atoms with Crippen LogP contribution in [0.1, 0.15) is 37.8 Å². The number of anilines is 3. The highest BCUT2D eigenvalue weighted by molar-refractivity contribution is 5.66. The molecule has 0 radical (unpaired) electrons. The first-order valence-electron chi connectivity index (χ1n) is 12.2. The minimum absolute atomic E-state index is 0.195. The number of pyridine rings is 1. The van der Waals surface area contributed by atoms with Crippen molar-refractivity contribution in [2.24, 2.45) is 0 Å². The fraction of sp³-hybridized carbons (Fsp3) is 0.407. The molecule has 2 unspecified atom stereocenters. The van der Waals surface area contributed by atoms with Crippen molar-refractivity contribution in [3.63, 3.8) is 0 Å². The number of halogens is 1. The third-order valence-corrected chi connectivity index (χ3v) is 7.05. The number of nitriles is 1. The number of rotatable bonds is 4. The van der Waals surface area contributed by atoms with Crippen LogP contribution < -0.4 is 14.7 Å². The zero-order chi connectivity index (χ0) is 24.5. The fourth-order valence-electron chi connectivity index (χ4n) is 5.15. The minimum Gasteiger partial charge on any atom is -0.353 e. The molecule has 35 heavy (non-hydrogen) atoms. The predicted octanol–water partition coefficient (Wildman–Crippen LogP) is 4.56. The van der Waals surface area contributed by atoms with Gasteiger partial charge in [-0.2, -0.15) is 10.2 Å². The number of aryl methyl sites for hydroxylation is 1. The van der Waals surface area contributed by atoms with Crippen molar-refractivity contribution in [3.8, 4) is 17.3 Å². The highest BCUT2D eigenvalue weighted by Crippen LogP contribution is 2.31. The van der Waals surface area contributed by atoms with Crippen LogP contribution in [-0.2, 0) is 0 Å². The lowest BCUT2D eigenvalue weighted by Gasteiger charge is -2.41. The van der Waals surface area contributed by atoms with Crippen LogP contribution in [0.5, 0.6) is 0 Å². The third kappa shape index (κ3) is 4.63. The first-order chi connectivity index (χ1) is 16.9. The van der Waals surface area contributed by atoms with E-state index in [1.807, 2.05) is 19.1 Å². The molecular weight excluding hydrogens is 441 g/mol. The third-order valence-electron chi connectivity index (χ3n) is 7.05. The van der Waals surface area contributed by atoms with Gasteiger partial charge in [0.05, 0.1) is 11.3 Å². The number of aromatic nitrogens is 3. The SMILES string of the molecule is Cc1cc(C#N)cnc1N1CCN(c2cc(-c3ccc(F)cc3)nc(N3CCCC3C)n2)C(C)C1. The van der Waals surface area contributed by atoms with Crippen LogP contribution in [-0.4, -0.2) is 53.2 Å². The van der Waals surface area contributed by atoms with Crippen molar-refractivity contribution in [2.45, 2.75) is 45.7 Å². The Balaban J connectivity index is 1.45. The van der Waals surface area contributed by atoms with E-state index in [2.05, 4.69) is 39.6 Å². The molecule has 8 heteroatoms. The average molecular weight is 472 g/mol. The summed E-state index contributed by atoms with van der Waals surface area (Å²) in [4.78, 5) is 21.4. The summed E-state index contributed by atoms with van der Waals surface area (Å²) in [5, 5.41) is 9.16. The zero-order valence-corrected chi connectivity index (χ0v) is 20.4. The largest absolute Gasteiger partial charge is 0.353 e. The van der Waals surface area contributed by atoms with E-state index in [0.717, 1.165) is 73.4 Å². The predicted molar refractivity (Wildman–Crippen MR) is 136 cm³/mol. The molecule has 4 heterocycles. The fourth-order valence-corrected chi connectivity index (χ4v) is 5.15. The molecule has 2 aromatic heterocycles. The Labute approximate surface area is 205 Å². The minimum atomic E-state index is -0.257. The molecule has 2 atom stereocenters. The molecule has 0 aliphatic carbocycles. The Morgan fingerprint density at radius 2 is 1.80 bits per heavy atom. The standard InChI is InChI=1S/C27H30FN7/c1-18-13-21(15-29)16-30-26(18)33-11-12-34(20(3)17-33)25-14-24(22-6-8-23(28)9-7-22)31-27(32-25)35-10-4-5-19(35)2/h6-9,13-14,16,19-20H,4-5,10-12,17H2,1-3H3. The van der Waals surface area contributed by atoms with E-state index in [0.29, 0.717) is 11.6 Å². The number of benzene rings is 1. The Morgan fingerprint density at radius 1 is 1.00 bits per heavy atom. The first kappa shape index (κ1) is 23.0. The molecule has 2 aliphatic rings. The van der Waals surface area contributed by atoms with Gasteiger partial charge in [0.1, 0.15) is 23.5 Å². The number of hydrogen-bond donors (Lipinski definition) is 0. The van der Waals surface area contributed by atoms with Crippen LogP contribution >= 0.6 is 0 Å². The molecule has 0 spiro atoms. The van der Waals surface area contributed by atoms with Gasteiger partial charge in [0.25, 0.3) is 0 Å². The summed E-state index contributed by atoms with van der Waals surface area (Å²) in [6.07, 6.45) is 3.90. The van der Waals surface area contributed by atoms with Gasteiger partial charge >= 0.3 is 0 Å². The molecule has 2 fully saturated rings. The summed E-state index contributed by atoms with van der Waals surface area (Å²) in [6.45, 7) is 9.75. The van der Waals surface area contributed by atoms with Crippen LogP contribution in [0.15, 0.2) is 42.6 Å². The van der Waals surface area contributed by atoms with Gasteiger partial charge in [0, 0.05) is 56.1 Å². The quantitative estimate of drug-likeness (QED) is 0.552. The molecule has 5 rings (SSSR count). The van der Waals surface area contributed by atoms with E-state index in [4.69, 9.17) is 15.2 Å². The molecule has 0 N–H and O–H groups in total. The van der Waals surface area contributed by atoms with Crippen molar-refractivity contribution in [1.82, 2.24) is 15.0 Å². The summed E-state index contributed by atoms with van der Waals surface area (Å²) in [5.41, 5.74) is 3.28. The Morgan fingerprint density at radius 3 is 2.46 bits per heavy atom.